The van der Waals surface area contributed by atoms with Gasteiger partial charge < -0.3 is 4.74 Å². The summed E-state index contributed by atoms with van der Waals surface area (Å²) in [6.45, 7) is 1.89. The molecule has 2 aromatic rings. The quantitative estimate of drug-likeness (QED) is 0.778. The monoisotopic (exact) mass is 286 g/mol. The van der Waals surface area contributed by atoms with Gasteiger partial charge in [0.2, 0.25) is 0 Å². The molecular weight excluding hydrogens is 272 g/mol. The van der Waals surface area contributed by atoms with Crippen LogP contribution in [0.1, 0.15) is 34.3 Å². The minimum Gasteiger partial charge on any atom is -0.490 e. The maximum absolute atomic E-state index is 12.4. The molecule has 0 N–H and O–H groups in total. The maximum Gasteiger partial charge on any atom is 0.193 e. The number of ketones is 1. The molecule has 20 heavy (non-hydrogen) atoms. The van der Waals surface area contributed by atoms with Crippen molar-refractivity contribution in [3.8, 4) is 5.75 Å². The Hall–Kier alpha value is -1.80. The molecule has 0 radical (unpaired) electrons. The predicted molar refractivity (Wildman–Crippen MR) is 79.7 cm³/mol. The van der Waals surface area contributed by atoms with Crippen molar-refractivity contribution in [2.45, 2.75) is 25.9 Å². The minimum absolute atomic E-state index is 0.0112. The topological polar surface area (TPSA) is 26.3 Å². The molecule has 1 aliphatic rings. The van der Waals surface area contributed by atoms with Gasteiger partial charge in [-0.3, -0.25) is 4.79 Å². The summed E-state index contributed by atoms with van der Waals surface area (Å²) in [4.78, 5) is 12.4. The Labute approximate surface area is 123 Å². The van der Waals surface area contributed by atoms with Crippen LogP contribution in [0, 0.1) is 6.92 Å². The second-order valence-electron chi connectivity index (χ2n) is 5.13. The third kappa shape index (κ3) is 2.86. The largest absolute Gasteiger partial charge is 0.490 e. The van der Waals surface area contributed by atoms with Gasteiger partial charge in [-0.1, -0.05) is 11.6 Å². The molecule has 0 spiro atoms. The Bertz CT molecular complexity index is 643. The summed E-state index contributed by atoms with van der Waals surface area (Å²) in [5, 5.41) is 0.646. The number of halogens is 1. The van der Waals surface area contributed by atoms with Crippen LogP contribution in [0.2, 0.25) is 5.02 Å². The zero-order valence-electron chi connectivity index (χ0n) is 11.2. The molecule has 2 aromatic carbocycles. The van der Waals surface area contributed by atoms with Crippen LogP contribution in [-0.4, -0.2) is 11.9 Å². The molecule has 0 aromatic heterocycles. The van der Waals surface area contributed by atoms with E-state index in [4.69, 9.17) is 16.3 Å². The Morgan fingerprint density at radius 2 is 1.85 bits per heavy atom. The Balaban J connectivity index is 1.82. The molecule has 0 atom stereocenters. The van der Waals surface area contributed by atoms with Crippen molar-refractivity contribution >= 4 is 17.4 Å². The number of benzene rings is 2. The third-order valence-corrected chi connectivity index (χ3v) is 3.61. The highest BCUT2D eigenvalue weighted by molar-refractivity contribution is 6.30. The van der Waals surface area contributed by atoms with E-state index in [2.05, 4.69) is 0 Å². The van der Waals surface area contributed by atoms with E-state index in [0.717, 1.165) is 24.2 Å². The van der Waals surface area contributed by atoms with E-state index in [1.165, 1.54) is 0 Å². The van der Waals surface area contributed by atoms with Gasteiger partial charge in [0.15, 0.2) is 5.78 Å². The zero-order valence-corrected chi connectivity index (χ0v) is 12.0. The smallest absolute Gasteiger partial charge is 0.193 e. The maximum atomic E-state index is 12.4. The van der Waals surface area contributed by atoms with Crippen LogP contribution in [0.25, 0.3) is 0 Å². The normalized spacial score (nSPS) is 14.1. The SMILES string of the molecule is Cc1cc(Cl)ccc1C(=O)c1ccc(OC2CC2)cc1. The Kier molecular flexibility index (Phi) is 3.49. The molecule has 0 unspecified atom stereocenters. The molecule has 1 saturated carbocycles. The first-order chi connectivity index (χ1) is 9.63. The first-order valence-electron chi connectivity index (χ1n) is 6.71. The first kappa shape index (κ1) is 13.2. The molecule has 102 valence electrons. The minimum atomic E-state index is 0.0112. The van der Waals surface area contributed by atoms with Gasteiger partial charge >= 0.3 is 0 Å². The van der Waals surface area contributed by atoms with Crippen LogP contribution < -0.4 is 4.74 Å². The van der Waals surface area contributed by atoms with E-state index in [1.807, 2.05) is 31.2 Å². The lowest BCUT2D eigenvalue weighted by Gasteiger charge is -2.07. The lowest BCUT2D eigenvalue weighted by Crippen LogP contribution is -2.04. The van der Waals surface area contributed by atoms with Crippen molar-refractivity contribution in [3.63, 3.8) is 0 Å². The van der Waals surface area contributed by atoms with E-state index in [1.54, 1.807) is 18.2 Å². The molecule has 0 amide bonds. The van der Waals surface area contributed by atoms with Crippen LogP contribution >= 0.6 is 11.6 Å². The van der Waals surface area contributed by atoms with E-state index in [-0.39, 0.29) is 5.78 Å². The number of ether oxygens (including phenoxy) is 1. The van der Waals surface area contributed by atoms with Crippen molar-refractivity contribution in [1.82, 2.24) is 0 Å². The summed E-state index contributed by atoms with van der Waals surface area (Å²) in [6, 6.07) is 12.7. The van der Waals surface area contributed by atoms with Gasteiger partial charge in [-0.25, -0.2) is 0 Å². The number of hydrogen-bond acceptors (Lipinski definition) is 2. The van der Waals surface area contributed by atoms with E-state index in [9.17, 15) is 4.79 Å². The number of carbonyl (C=O) groups excluding carboxylic acids is 1. The molecule has 0 saturated heterocycles. The molecule has 0 heterocycles. The molecule has 2 nitrogen and oxygen atoms in total. The van der Waals surface area contributed by atoms with Gasteiger partial charge in [0.1, 0.15) is 5.75 Å². The van der Waals surface area contributed by atoms with Crippen LogP contribution in [0.5, 0.6) is 5.75 Å². The molecular formula is C17H15ClO2. The first-order valence-corrected chi connectivity index (χ1v) is 7.09. The Morgan fingerprint density at radius 3 is 2.45 bits per heavy atom. The van der Waals surface area contributed by atoms with Gasteiger partial charge in [-0.05, 0) is 67.8 Å². The van der Waals surface area contributed by atoms with Crippen LogP contribution in [-0.2, 0) is 0 Å². The van der Waals surface area contributed by atoms with Crippen molar-refractivity contribution in [1.29, 1.82) is 0 Å². The third-order valence-electron chi connectivity index (χ3n) is 3.38. The highest BCUT2D eigenvalue weighted by Gasteiger charge is 2.23. The molecule has 3 heteroatoms. The highest BCUT2D eigenvalue weighted by atomic mass is 35.5. The predicted octanol–water partition coefficient (Wildman–Crippen LogP) is 4.42. The molecule has 1 fully saturated rings. The number of rotatable bonds is 4. The van der Waals surface area contributed by atoms with Crippen LogP contribution in [0.4, 0.5) is 0 Å². The van der Waals surface area contributed by atoms with Crippen LogP contribution in [0.3, 0.4) is 0 Å². The number of hydrogen-bond donors (Lipinski definition) is 0. The molecule has 0 aliphatic heterocycles. The van der Waals surface area contributed by atoms with Gasteiger partial charge in [0.25, 0.3) is 0 Å². The Morgan fingerprint density at radius 1 is 1.15 bits per heavy atom. The average molecular weight is 287 g/mol. The highest BCUT2D eigenvalue weighted by Crippen LogP contribution is 2.27. The van der Waals surface area contributed by atoms with Gasteiger partial charge in [0.05, 0.1) is 6.10 Å². The summed E-state index contributed by atoms with van der Waals surface area (Å²) in [7, 11) is 0. The summed E-state index contributed by atoms with van der Waals surface area (Å²) < 4.78 is 5.68. The molecule has 0 bridgehead atoms. The summed E-state index contributed by atoms with van der Waals surface area (Å²) in [5.74, 6) is 0.842. The van der Waals surface area contributed by atoms with Crippen molar-refractivity contribution in [2.24, 2.45) is 0 Å². The second-order valence-corrected chi connectivity index (χ2v) is 5.57. The summed E-state index contributed by atoms with van der Waals surface area (Å²) >= 11 is 5.91. The van der Waals surface area contributed by atoms with Crippen molar-refractivity contribution in [3.05, 3.63) is 64.2 Å². The zero-order chi connectivity index (χ0) is 14.1. The number of aryl methyl sites for hydroxylation is 1. The van der Waals surface area contributed by atoms with Crippen molar-refractivity contribution in [2.75, 3.05) is 0 Å². The van der Waals surface area contributed by atoms with Crippen LogP contribution in [0.15, 0.2) is 42.5 Å². The fraction of sp³-hybridized carbons (Fsp3) is 0.235. The number of carbonyl (C=O) groups is 1. The van der Waals surface area contributed by atoms with Gasteiger partial charge in [-0.15, -0.1) is 0 Å². The average Bonchev–Trinajstić information content (AvgIpc) is 3.23. The van der Waals surface area contributed by atoms with Crippen molar-refractivity contribution < 1.29 is 9.53 Å². The second kappa shape index (κ2) is 5.29. The standard InChI is InChI=1S/C17H15ClO2/c1-11-10-13(18)4-9-16(11)17(19)12-2-5-14(6-3-12)20-15-7-8-15/h2-6,9-10,15H,7-8H2,1H3. The van der Waals surface area contributed by atoms with E-state index < -0.39 is 0 Å². The summed E-state index contributed by atoms with van der Waals surface area (Å²) in [6.07, 6.45) is 2.63. The lowest BCUT2D eigenvalue weighted by atomic mass is 9.99. The molecule has 1 aliphatic carbocycles. The lowest BCUT2D eigenvalue weighted by molar-refractivity contribution is 0.103. The molecule has 3 rings (SSSR count). The van der Waals surface area contributed by atoms with E-state index in [0.29, 0.717) is 22.3 Å². The van der Waals surface area contributed by atoms with Gasteiger partial charge in [-0.2, -0.15) is 0 Å². The van der Waals surface area contributed by atoms with E-state index >= 15 is 0 Å². The fourth-order valence-corrected chi connectivity index (χ4v) is 2.33. The fourth-order valence-electron chi connectivity index (χ4n) is 2.10. The van der Waals surface area contributed by atoms with Gasteiger partial charge in [0, 0.05) is 16.1 Å². The summed E-state index contributed by atoms with van der Waals surface area (Å²) in [5.41, 5.74) is 2.24.